The Morgan fingerprint density at radius 1 is 1.44 bits per heavy atom. The number of alkyl halides is 3. The van der Waals surface area contributed by atoms with Crippen LogP contribution in [0.25, 0.3) is 11.0 Å². The van der Waals surface area contributed by atoms with Crippen LogP contribution in [-0.2, 0) is 15.0 Å². The van der Waals surface area contributed by atoms with Gasteiger partial charge in [0.25, 0.3) is 0 Å². The maximum atomic E-state index is 12.5. The van der Waals surface area contributed by atoms with Crippen molar-refractivity contribution in [1.82, 2.24) is 14.9 Å². The normalized spacial score (nSPS) is 29.8. The third-order valence-corrected chi connectivity index (χ3v) is 6.14. The lowest BCUT2D eigenvalue weighted by molar-refractivity contribution is -0.162. The number of aromatic nitrogens is 2. The molecule has 1 aliphatic carbocycles. The van der Waals surface area contributed by atoms with Gasteiger partial charge >= 0.3 is 13.3 Å². The highest BCUT2D eigenvalue weighted by Gasteiger charge is 2.64. The van der Waals surface area contributed by atoms with Crippen molar-refractivity contribution in [3.05, 3.63) is 24.0 Å². The number of amides is 1. The smallest absolute Gasteiger partial charge is 0.423 e. The van der Waals surface area contributed by atoms with Crippen LogP contribution in [0.1, 0.15) is 31.2 Å². The average Bonchev–Trinajstić information content (AvgIpc) is 3.23. The van der Waals surface area contributed by atoms with Crippen molar-refractivity contribution in [2.75, 3.05) is 13.1 Å². The van der Waals surface area contributed by atoms with E-state index in [2.05, 4.69) is 9.97 Å². The van der Waals surface area contributed by atoms with Crippen LogP contribution in [0.4, 0.5) is 13.2 Å². The van der Waals surface area contributed by atoms with E-state index in [9.17, 15) is 23.0 Å². The minimum absolute atomic E-state index is 0.255. The van der Waals surface area contributed by atoms with Crippen LogP contribution >= 0.6 is 0 Å². The second kappa shape index (κ2) is 5.26. The molecule has 1 saturated carbocycles. The molecule has 27 heavy (non-hydrogen) atoms. The molecule has 0 bridgehead atoms. The number of rotatable bonds is 1. The Morgan fingerprint density at radius 2 is 2.22 bits per heavy atom. The second-order valence-corrected chi connectivity index (χ2v) is 8.00. The Hall–Kier alpha value is -2.07. The fourth-order valence-corrected chi connectivity index (χ4v) is 5.19. The summed E-state index contributed by atoms with van der Waals surface area (Å²) in [5.41, 5.74) is 1.34. The number of carbonyl (C=O) groups is 1. The van der Waals surface area contributed by atoms with E-state index in [0.29, 0.717) is 43.5 Å². The second-order valence-electron chi connectivity index (χ2n) is 8.00. The fraction of sp³-hybridized carbons (Fsp3) is 0.529. The monoisotopic (exact) mass is 379 g/mol. The van der Waals surface area contributed by atoms with Gasteiger partial charge in [-0.2, -0.15) is 13.2 Å². The van der Waals surface area contributed by atoms with E-state index in [4.69, 9.17) is 4.65 Å². The summed E-state index contributed by atoms with van der Waals surface area (Å²) in [6.07, 6.45) is -0.729. The molecule has 142 valence electrons. The Kier molecular flexibility index (Phi) is 3.32. The molecule has 0 radical (unpaired) electrons. The van der Waals surface area contributed by atoms with Gasteiger partial charge in [-0.15, -0.1) is 0 Å². The van der Waals surface area contributed by atoms with Gasteiger partial charge in [-0.05, 0) is 36.3 Å². The Morgan fingerprint density at radius 3 is 2.96 bits per heavy atom. The first kappa shape index (κ1) is 17.1. The highest BCUT2D eigenvalue weighted by Crippen LogP contribution is 2.62. The maximum Gasteiger partial charge on any atom is 0.493 e. The van der Waals surface area contributed by atoms with Gasteiger partial charge in [-0.1, -0.05) is 0 Å². The summed E-state index contributed by atoms with van der Waals surface area (Å²) >= 11 is 0. The van der Waals surface area contributed by atoms with Crippen molar-refractivity contribution in [1.29, 1.82) is 0 Å². The maximum absolute atomic E-state index is 12.5. The molecule has 2 aromatic rings. The number of likely N-dealkylation sites (tertiary alicyclic amines) is 1. The largest absolute Gasteiger partial charge is 0.493 e. The summed E-state index contributed by atoms with van der Waals surface area (Å²) in [6, 6.07) is 1.89. The number of pyridine rings is 1. The standard InChI is InChI=1S/C17H17BF3N3O3/c19-17(20,21)5-12(25)24-4-2-15(9-24)7-16(8-15)13-10-1-3-22-14(10)23-6-11(13)18(26)27-16/h1,3,6,26H,2,4-5,7-9H2,(H,22,23). The number of hydrogen-bond donors (Lipinski definition) is 2. The number of nitrogens with one attached hydrogen (secondary N) is 1. The highest BCUT2D eigenvalue weighted by molar-refractivity contribution is 6.62. The molecule has 1 amide bonds. The van der Waals surface area contributed by atoms with Crippen molar-refractivity contribution in [2.45, 2.75) is 37.5 Å². The van der Waals surface area contributed by atoms with Crippen LogP contribution in [0.2, 0.25) is 0 Å². The number of H-pyrrole nitrogens is 1. The van der Waals surface area contributed by atoms with E-state index in [0.717, 1.165) is 10.9 Å². The topological polar surface area (TPSA) is 78.5 Å². The molecule has 2 aliphatic heterocycles. The molecule has 6 nitrogen and oxygen atoms in total. The number of aromatic amines is 1. The van der Waals surface area contributed by atoms with E-state index in [1.807, 2.05) is 6.07 Å². The molecule has 4 heterocycles. The molecular weight excluding hydrogens is 362 g/mol. The molecule has 5 rings (SSSR count). The van der Waals surface area contributed by atoms with Crippen LogP contribution in [0.3, 0.4) is 0 Å². The molecule has 0 aromatic carbocycles. The first-order valence-corrected chi connectivity index (χ1v) is 8.87. The van der Waals surface area contributed by atoms with Crippen molar-refractivity contribution in [3.63, 3.8) is 0 Å². The number of halogens is 3. The lowest BCUT2D eigenvalue weighted by Crippen LogP contribution is -2.52. The van der Waals surface area contributed by atoms with Crippen molar-refractivity contribution >= 4 is 29.5 Å². The third kappa shape index (κ3) is 2.50. The molecule has 10 heteroatoms. The molecule has 2 N–H and O–H groups in total. The Bertz CT molecular complexity index is 938. The van der Waals surface area contributed by atoms with Crippen LogP contribution in [-0.4, -0.2) is 52.2 Å². The predicted molar refractivity (Wildman–Crippen MR) is 90.0 cm³/mol. The zero-order valence-electron chi connectivity index (χ0n) is 14.3. The van der Waals surface area contributed by atoms with Gasteiger partial charge in [0.05, 0.1) is 5.60 Å². The summed E-state index contributed by atoms with van der Waals surface area (Å²) in [4.78, 5) is 20.6. The first-order valence-electron chi connectivity index (χ1n) is 8.87. The van der Waals surface area contributed by atoms with Gasteiger partial charge in [0.15, 0.2) is 0 Å². The average molecular weight is 379 g/mol. The fourth-order valence-electron chi connectivity index (χ4n) is 5.19. The number of hydrogen-bond acceptors (Lipinski definition) is 4. The third-order valence-electron chi connectivity index (χ3n) is 6.14. The zero-order chi connectivity index (χ0) is 19.0. The number of nitrogens with zero attached hydrogens (tertiary/aromatic N) is 2. The van der Waals surface area contributed by atoms with Gasteiger partial charge in [0, 0.05) is 36.3 Å². The summed E-state index contributed by atoms with van der Waals surface area (Å²) in [5.74, 6) is -0.870. The number of fused-ring (bicyclic) bond motifs is 4. The quantitative estimate of drug-likeness (QED) is 0.736. The molecule has 0 unspecified atom stereocenters. The van der Waals surface area contributed by atoms with Crippen LogP contribution in [0.15, 0.2) is 18.5 Å². The summed E-state index contributed by atoms with van der Waals surface area (Å²) in [6.45, 7) is 0.635. The summed E-state index contributed by atoms with van der Waals surface area (Å²) in [7, 11) is -1.06. The van der Waals surface area contributed by atoms with E-state index in [1.165, 1.54) is 4.90 Å². The molecule has 1 saturated heterocycles. The van der Waals surface area contributed by atoms with Crippen molar-refractivity contribution in [2.24, 2.45) is 5.41 Å². The van der Waals surface area contributed by atoms with Crippen LogP contribution in [0.5, 0.6) is 0 Å². The Labute approximate surface area is 152 Å². The van der Waals surface area contributed by atoms with Crippen LogP contribution in [0, 0.1) is 5.41 Å². The van der Waals surface area contributed by atoms with E-state index in [-0.39, 0.29) is 5.41 Å². The number of carbonyl (C=O) groups excluding carboxylic acids is 1. The van der Waals surface area contributed by atoms with E-state index >= 15 is 0 Å². The summed E-state index contributed by atoms with van der Waals surface area (Å²) < 4.78 is 43.4. The lowest BCUT2D eigenvalue weighted by Gasteiger charge is -2.53. The van der Waals surface area contributed by atoms with Gasteiger partial charge in [-0.25, -0.2) is 4.98 Å². The molecule has 3 aliphatic rings. The van der Waals surface area contributed by atoms with Gasteiger partial charge in [-0.3, -0.25) is 4.79 Å². The summed E-state index contributed by atoms with van der Waals surface area (Å²) in [5, 5.41) is 11.2. The lowest BCUT2D eigenvalue weighted by atomic mass is 9.56. The SMILES string of the molecule is O=C(CC(F)(F)F)N1CCC2(C1)CC1(C2)OB(O)c2cnc3[nH]ccc3c21. The Balaban J connectivity index is 1.39. The molecule has 2 spiro atoms. The molecule has 0 atom stereocenters. The minimum Gasteiger partial charge on any atom is -0.423 e. The minimum atomic E-state index is -4.49. The first-order chi connectivity index (χ1) is 12.7. The van der Waals surface area contributed by atoms with Crippen molar-refractivity contribution < 1.29 is 27.6 Å². The molecule has 2 fully saturated rings. The molecular formula is C17H17BF3N3O3. The molecule has 2 aromatic heterocycles. The zero-order valence-corrected chi connectivity index (χ0v) is 14.3. The van der Waals surface area contributed by atoms with E-state index < -0.39 is 31.2 Å². The van der Waals surface area contributed by atoms with Crippen LogP contribution < -0.4 is 5.46 Å². The van der Waals surface area contributed by atoms with Gasteiger partial charge in [0.1, 0.15) is 12.1 Å². The highest BCUT2D eigenvalue weighted by atomic mass is 19.4. The van der Waals surface area contributed by atoms with Gasteiger partial charge in [0.2, 0.25) is 5.91 Å². The predicted octanol–water partition coefficient (Wildman–Crippen LogP) is 1.44. The van der Waals surface area contributed by atoms with Gasteiger partial charge < -0.3 is 19.6 Å². The van der Waals surface area contributed by atoms with Crippen molar-refractivity contribution in [3.8, 4) is 0 Å². The van der Waals surface area contributed by atoms with E-state index in [1.54, 1.807) is 12.4 Å².